The summed E-state index contributed by atoms with van der Waals surface area (Å²) >= 11 is 5.96. The van der Waals surface area contributed by atoms with Crippen LogP contribution in [0.3, 0.4) is 0 Å². The summed E-state index contributed by atoms with van der Waals surface area (Å²) in [6.07, 6.45) is 1.75. The van der Waals surface area contributed by atoms with Crippen LogP contribution in [0.25, 0.3) is 0 Å². The maximum atomic E-state index is 13.1. The molecule has 1 aromatic rings. The van der Waals surface area contributed by atoms with Crippen LogP contribution >= 0.6 is 11.6 Å². The van der Waals surface area contributed by atoms with Gasteiger partial charge in [-0.3, -0.25) is 4.79 Å². The third kappa shape index (κ3) is 3.32. The molecule has 1 aromatic carbocycles. The van der Waals surface area contributed by atoms with Gasteiger partial charge in [0, 0.05) is 24.9 Å². The van der Waals surface area contributed by atoms with Crippen molar-refractivity contribution in [3.8, 4) is 5.75 Å². The predicted octanol–water partition coefficient (Wildman–Crippen LogP) is 2.60. The van der Waals surface area contributed by atoms with Crippen molar-refractivity contribution < 1.29 is 23.5 Å². The van der Waals surface area contributed by atoms with E-state index in [1.807, 2.05) is 4.90 Å². The largest absolute Gasteiger partial charge is 0.492 e. The molecule has 3 aliphatic rings. The van der Waals surface area contributed by atoms with E-state index in [-0.39, 0.29) is 28.3 Å². The minimum absolute atomic E-state index is 0.0526. The third-order valence-corrected chi connectivity index (χ3v) is 5.73. The summed E-state index contributed by atoms with van der Waals surface area (Å²) in [7, 11) is 0. The first-order chi connectivity index (χ1) is 12.4. The van der Waals surface area contributed by atoms with Crippen molar-refractivity contribution in [1.82, 2.24) is 10.2 Å². The molecule has 0 radical (unpaired) electrons. The Morgan fingerprint density at radius 2 is 2.27 bits per heavy atom. The molecular formula is C18H20ClFN2O4. The molecule has 0 bridgehead atoms. The van der Waals surface area contributed by atoms with Gasteiger partial charge in [-0.15, -0.1) is 0 Å². The number of nitrogens with zero attached hydrogens (tertiary/aromatic N) is 1. The Kier molecular flexibility index (Phi) is 4.42. The first kappa shape index (κ1) is 17.4. The van der Waals surface area contributed by atoms with Crippen LogP contribution in [0.15, 0.2) is 18.2 Å². The van der Waals surface area contributed by atoms with Gasteiger partial charge in [0.25, 0.3) is 0 Å². The van der Waals surface area contributed by atoms with E-state index >= 15 is 0 Å². The lowest BCUT2D eigenvalue weighted by Gasteiger charge is -2.43. The molecule has 2 saturated heterocycles. The molecule has 6 nitrogen and oxygen atoms in total. The fraction of sp³-hybridized carbons (Fsp3) is 0.556. The van der Waals surface area contributed by atoms with Crippen LogP contribution in [0.4, 0.5) is 9.18 Å². The molecule has 1 atom stereocenters. The average Bonchev–Trinajstić information content (AvgIpc) is 3.19. The molecule has 1 N–H and O–H groups in total. The Morgan fingerprint density at radius 3 is 2.96 bits per heavy atom. The van der Waals surface area contributed by atoms with Gasteiger partial charge in [0.15, 0.2) is 0 Å². The maximum absolute atomic E-state index is 13.1. The van der Waals surface area contributed by atoms with E-state index in [1.54, 1.807) is 0 Å². The number of ether oxygens (including phenoxy) is 2. The Bertz CT molecular complexity index is 738. The molecule has 1 unspecified atom stereocenters. The van der Waals surface area contributed by atoms with Crippen molar-refractivity contribution in [2.75, 3.05) is 26.3 Å². The fourth-order valence-corrected chi connectivity index (χ4v) is 4.22. The first-order valence-corrected chi connectivity index (χ1v) is 9.13. The molecule has 2 aliphatic heterocycles. The maximum Gasteiger partial charge on any atom is 0.407 e. The molecule has 140 valence electrons. The van der Waals surface area contributed by atoms with E-state index in [1.165, 1.54) is 18.2 Å². The van der Waals surface area contributed by atoms with Gasteiger partial charge in [-0.2, -0.15) is 0 Å². The van der Waals surface area contributed by atoms with Gasteiger partial charge in [-0.1, -0.05) is 11.6 Å². The molecule has 1 saturated carbocycles. The van der Waals surface area contributed by atoms with Crippen molar-refractivity contribution in [2.24, 2.45) is 11.8 Å². The number of rotatable bonds is 4. The molecule has 3 fully saturated rings. The summed E-state index contributed by atoms with van der Waals surface area (Å²) in [5.41, 5.74) is -0.334. The van der Waals surface area contributed by atoms with Crippen molar-refractivity contribution >= 4 is 23.6 Å². The van der Waals surface area contributed by atoms with Gasteiger partial charge < -0.3 is 19.7 Å². The number of carbonyl (C=O) groups is 2. The van der Waals surface area contributed by atoms with Crippen LogP contribution in [0.5, 0.6) is 5.75 Å². The normalized spacial score (nSPS) is 30.1. The molecule has 26 heavy (non-hydrogen) atoms. The van der Waals surface area contributed by atoms with E-state index in [2.05, 4.69) is 5.32 Å². The number of halogens is 2. The SMILES string of the molecule is O=C1N[C@]2(CO1)C[C@@H](C(=O)N1CCC(COc3ccc(F)cc3Cl)C1)C2. The van der Waals surface area contributed by atoms with Gasteiger partial charge in [0.1, 0.15) is 18.2 Å². The van der Waals surface area contributed by atoms with Crippen molar-refractivity contribution in [2.45, 2.75) is 24.8 Å². The summed E-state index contributed by atoms with van der Waals surface area (Å²) < 4.78 is 23.7. The van der Waals surface area contributed by atoms with Crippen LogP contribution in [0, 0.1) is 17.7 Å². The second-order valence-electron chi connectivity index (χ2n) is 7.41. The monoisotopic (exact) mass is 382 g/mol. The van der Waals surface area contributed by atoms with Crippen molar-refractivity contribution in [3.63, 3.8) is 0 Å². The van der Waals surface area contributed by atoms with Crippen LogP contribution in [0.1, 0.15) is 19.3 Å². The highest BCUT2D eigenvalue weighted by Gasteiger charge is 2.53. The second-order valence-corrected chi connectivity index (χ2v) is 7.82. The smallest absolute Gasteiger partial charge is 0.407 e. The zero-order valence-corrected chi connectivity index (χ0v) is 14.9. The highest BCUT2D eigenvalue weighted by molar-refractivity contribution is 6.32. The van der Waals surface area contributed by atoms with Crippen molar-refractivity contribution in [3.05, 3.63) is 29.0 Å². The van der Waals surface area contributed by atoms with E-state index in [0.717, 1.165) is 6.42 Å². The molecule has 2 amide bonds. The summed E-state index contributed by atoms with van der Waals surface area (Å²) in [6, 6.07) is 4.05. The molecule has 8 heteroatoms. The quantitative estimate of drug-likeness (QED) is 0.869. The average molecular weight is 383 g/mol. The van der Waals surface area contributed by atoms with E-state index < -0.39 is 11.9 Å². The second kappa shape index (κ2) is 6.61. The number of hydrogen-bond acceptors (Lipinski definition) is 4. The van der Waals surface area contributed by atoms with E-state index in [9.17, 15) is 14.0 Å². The number of cyclic esters (lactones) is 1. The lowest BCUT2D eigenvalue weighted by molar-refractivity contribution is -0.140. The van der Waals surface area contributed by atoms with Gasteiger partial charge in [0.05, 0.1) is 17.2 Å². The van der Waals surface area contributed by atoms with Crippen LogP contribution in [-0.4, -0.2) is 48.7 Å². The number of likely N-dealkylation sites (tertiary alicyclic amines) is 1. The summed E-state index contributed by atoms with van der Waals surface area (Å²) in [4.78, 5) is 25.7. The molecule has 2 heterocycles. The molecule has 1 spiro atoms. The predicted molar refractivity (Wildman–Crippen MR) is 91.5 cm³/mol. The Hall–Kier alpha value is -2.02. The number of carbonyl (C=O) groups excluding carboxylic acids is 2. The molecule has 0 aromatic heterocycles. The van der Waals surface area contributed by atoms with Crippen LogP contribution in [-0.2, 0) is 9.53 Å². The zero-order chi connectivity index (χ0) is 18.3. The number of hydrogen-bond donors (Lipinski definition) is 1. The Morgan fingerprint density at radius 1 is 1.46 bits per heavy atom. The molecular weight excluding hydrogens is 363 g/mol. The Labute approximate surface area is 155 Å². The minimum atomic E-state index is -0.401. The number of benzene rings is 1. The molecule has 4 rings (SSSR count). The lowest BCUT2D eigenvalue weighted by atomic mass is 9.68. The van der Waals surface area contributed by atoms with E-state index in [0.29, 0.717) is 44.9 Å². The van der Waals surface area contributed by atoms with Gasteiger partial charge in [-0.05, 0) is 37.5 Å². The minimum Gasteiger partial charge on any atom is -0.492 e. The lowest BCUT2D eigenvalue weighted by Crippen LogP contribution is -2.58. The highest BCUT2D eigenvalue weighted by atomic mass is 35.5. The van der Waals surface area contributed by atoms with Gasteiger partial charge in [-0.25, -0.2) is 9.18 Å². The summed E-state index contributed by atoms with van der Waals surface area (Å²) in [5, 5.41) is 3.05. The fourth-order valence-electron chi connectivity index (χ4n) is 4.00. The number of alkyl carbamates (subject to hydrolysis) is 1. The standard InChI is InChI=1S/C18H20ClFN2O4/c19-14-5-13(20)1-2-15(14)25-9-11-3-4-22(8-11)16(23)12-6-18(7-12)10-26-17(24)21-18/h1-2,5,11-12H,3-4,6-10H2,(H,21,24)/t11?,12-,18-. The topological polar surface area (TPSA) is 67.9 Å². The van der Waals surface area contributed by atoms with Gasteiger partial charge >= 0.3 is 6.09 Å². The van der Waals surface area contributed by atoms with Gasteiger partial charge in [0.2, 0.25) is 5.91 Å². The Balaban J connectivity index is 1.25. The molecule has 1 aliphatic carbocycles. The summed E-state index contributed by atoms with van der Waals surface area (Å²) in [6.45, 7) is 2.14. The van der Waals surface area contributed by atoms with Crippen molar-refractivity contribution in [1.29, 1.82) is 0 Å². The first-order valence-electron chi connectivity index (χ1n) is 8.76. The van der Waals surface area contributed by atoms with Crippen LogP contribution in [0.2, 0.25) is 5.02 Å². The zero-order valence-electron chi connectivity index (χ0n) is 14.2. The summed E-state index contributed by atoms with van der Waals surface area (Å²) in [5.74, 6) is 0.365. The number of nitrogens with one attached hydrogen (secondary N) is 1. The van der Waals surface area contributed by atoms with E-state index in [4.69, 9.17) is 21.1 Å². The highest BCUT2D eigenvalue weighted by Crippen LogP contribution is 2.42. The van der Waals surface area contributed by atoms with Crippen LogP contribution < -0.4 is 10.1 Å². The number of amides is 2. The third-order valence-electron chi connectivity index (χ3n) is 5.44.